The minimum absolute atomic E-state index is 0. The fraction of sp³-hybridized carbons (Fsp3) is 0.538. The van der Waals surface area contributed by atoms with Crippen LogP contribution in [0.4, 0.5) is 4.39 Å². The van der Waals surface area contributed by atoms with E-state index in [1.54, 1.807) is 12.1 Å². The first-order valence-electron chi connectivity index (χ1n) is 10.7. The van der Waals surface area contributed by atoms with Gasteiger partial charge in [-0.1, -0.05) is 58.9 Å². The molecule has 174 valence electrons. The third-order valence-electron chi connectivity index (χ3n) is 5.28. The molecule has 0 aliphatic carbocycles. The molecule has 0 bridgehead atoms. The Morgan fingerprint density at radius 1 is 0.935 bits per heavy atom. The van der Waals surface area contributed by atoms with E-state index in [0.29, 0.717) is 11.0 Å². The Morgan fingerprint density at radius 2 is 1.48 bits per heavy atom. The molecule has 0 heterocycles. The van der Waals surface area contributed by atoms with Gasteiger partial charge in [-0.25, -0.2) is 4.39 Å². The molecule has 31 heavy (non-hydrogen) atoms. The van der Waals surface area contributed by atoms with Gasteiger partial charge in [-0.05, 0) is 47.1 Å². The lowest BCUT2D eigenvalue weighted by Crippen LogP contribution is -3.00. The number of quaternary nitrogens is 1. The summed E-state index contributed by atoms with van der Waals surface area (Å²) in [5.74, 6) is 0.540. The van der Waals surface area contributed by atoms with E-state index in [1.165, 1.54) is 17.7 Å². The number of benzene rings is 2. The summed E-state index contributed by atoms with van der Waals surface area (Å²) in [5.41, 5.74) is 2.70. The van der Waals surface area contributed by atoms with Crippen molar-refractivity contribution in [3.05, 3.63) is 65.5 Å². The summed E-state index contributed by atoms with van der Waals surface area (Å²) in [6.07, 6.45) is 0.512. The van der Waals surface area contributed by atoms with Crippen LogP contribution in [-0.2, 0) is 12.0 Å². The number of hydrogen-bond acceptors (Lipinski definition) is 2. The van der Waals surface area contributed by atoms with Crippen molar-refractivity contribution in [3.63, 3.8) is 0 Å². The average Bonchev–Trinajstić information content (AvgIpc) is 2.60. The first-order valence-corrected chi connectivity index (χ1v) is 10.7. The zero-order valence-electron chi connectivity index (χ0n) is 20.1. The van der Waals surface area contributed by atoms with Crippen molar-refractivity contribution in [2.24, 2.45) is 5.41 Å². The van der Waals surface area contributed by atoms with Crippen LogP contribution in [0.15, 0.2) is 48.5 Å². The van der Waals surface area contributed by atoms with E-state index >= 15 is 0 Å². The Kier molecular flexibility index (Phi) is 9.55. The summed E-state index contributed by atoms with van der Waals surface area (Å²) in [6.45, 7) is 12.9. The zero-order valence-corrected chi connectivity index (χ0v) is 20.8. The van der Waals surface area contributed by atoms with E-state index in [4.69, 9.17) is 4.74 Å². The number of halogens is 2. The molecule has 0 saturated carbocycles. The summed E-state index contributed by atoms with van der Waals surface area (Å²) in [7, 11) is 4.11. The molecule has 2 aromatic carbocycles. The SMILES string of the molecule is CC(C)(C)CC(C)(C)c1ccc(OCC(O)C[N+](C)(C)Cc2ccc(F)cc2)cc1.[Cl-]. The van der Waals surface area contributed by atoms with Crippen molar-refractivity contribution in [1.82, 2.24) is 0 Å². The Balaban J connectivity index is 0.00000480. The number of hydrogen-bond donors (Lipinski definition) is 1. The van der Waals surface area contributed by atoms with Gasteiger partial charge in [0.1, 0.15) is 37.4 Å². The lowest BCUT2D eigenvalue weighted by Gasteiger charge is -2.33. The highest BCUT2D eigenvalue weighted by Crippen LogP contribution is 2.36. The molecule has 0 fully saturated rings. The first-order chi connectivity index (χ1) is 13.8. The third kappa shape index (κ3) is 9.59. The van der Waals surface area contributed by atoms with Gasteiger partial charge in [0.05, 0.1) is 14.1 Å². The normalized spacial score (nSPS) is 13.5. The van der Waals surface area contributed by atoms with Gasteiger partial charge >= 0.3 is 0 Å². The number of rotatable bonds is 9. The van der Waals surface area contributed by atoms with Gasteiger partial charge < -0.3 is 26.7 Å². The fourth-order valence-electron chi connectivity index (χ4n) is 4.39. The summed E-state index contributed by atoms with van der Waals surface area (Å²) < 4.78 is 19.5. The highest BCUT2D eigenvalue weighted by atomic mass is 35.5. The lowest BCUT2D eigenvalue weighted by atomic mass is 9.72. The van der Waals surface area contributed by atoms with E-state index in [-0.39, 0.29) is 35.7 Å². The van der Waals surface area contributed by atoms with Crippen LogP contribution in [0.3, 0.4) is 0 Å². The molecule has 2 aromatic rings. The second kappa shape index (κ2) is 10.8. The van der Waals surface area contributed by atoms with Crippen molar-refractivity contribution in [1.29, 1.82) is 0 Å². The number of aliphatic hydroxyl groups is 1. The second-order valence-electron chi connectivity index (χ2n) is 11.0. The van der Waals surface area contributed by atoms with Crippen LogP contribution in [0, 0.1) is 11.2 Å². The van der Waals surface area contributed by atoms with Gasteiger partial charge in [0.2, 0.25) is 0 Å². The van der Waals surface area contributed by atoms with Crippen LogP contribution in [0.5, 0.6) is 5.75 Å². The number of nitrogens with zero attached hydrogens (tertiary/aromatic N) is 1. The Bertz CT molecular complexity index is 796. The van der Waals surface area contributed by atoms with Crippen LogP contribution in [0.1, 0.15) is 52.2 Å². The van der Waals surface area contributed by atoms with E-state index in [0.717, 1.165) is 24.3 Å². The molecule has 0 amide bonds. The predicted octanol–water partition coefficient (Wildman–Crippen LogP) is 2.56. The second-order valence-corrected chi connectivity index (χ2v) is 11.0. The van der Waals surface area contributed by atoms with Gasteiger partial charge in [0, 0.05) is 5.56 Å². The summed E-state index contributed by atoms with van der Waals surface area (Å²) in [4.78, 5) is 0. The maximum Gasteiger partial charge on any atom is 0.137 e. The maximum atomic E-state index is 13.1. The summed E-state index contributed by atoms with van der Waals surface area (Å²) in [5, 5.41) is 10.5. The predicted molar refractivity (Wildman–Crippen MR) is 122 cm³/mol. The molecule has 0 radical (unpaired) electrons. The smallest absolute Gasteiger partial charge is 0.137 e. The fourth-order valence-corrected chi connectivity index (χ4v) is 4.39. The van der Waals surface area contributed by atoms with Crippen molar-refractivity contribution < 1.29 is 31.1 Å². The largest absolute Gasteiger partial charge is 1.00 e. The molecule has 0 aromatic heterocycles. The van der Waals surface area contributed by atoms with Crippen molar-refractivity contribution >= 4 is 0 Å². The number of ether oxygens (including phenoxy) is 1. The monoisotopic (exact) mass is 451 g/mol. The van der Waals surface area contributed by atoms with E-state index in [2.05, 4.69) is 60.8 Å². The minimum atomic E-state index is -0.586. The molecular weight excluding hydrogens is 413 g/mol. The van der Waals surface area contributed by atoms with Gasteiger partial charge in [-0.3, -0.25) is 0 Å². The average molecular weight is 452 g/mol. The van der Waals surface area contributed by atoms with Crippen molar-refractivity contribution in [2.75, 3.05) is 27.2 Å². The molecule has 0 aliphatic rings. The minimum Gasteiger partial charge on any atom is -1.00 e. The van der Waals surface area contributed by atoms with Gasteiger partial charge in [-0.15, -0.1) is 0 Å². The summed E-state index contributed by atoms with van der Waals surface area (Å²) >= 11 is 0. The van der Waals surface area contributed by atoms with E-state index in [1.807, 2.05) is 12.1 Å². The molecule has 3 nitrogen and oxygen atoms in total. The molecule has 0 spiro atoms. The Labute approximate surface area is 194 Å². The van der Waals surface area contributed by atoms with Crippen LogP contribution in [0.2, 0.25) is 0 Å². The Hall–Kier alpha value is -1.62. The van der Waals surface area contributed by atoms with Gasteiger partial charge in [-0.2, -0.15) is 0 Å². The highest BCUT2D eigenvalue weighted by molar-refractivity contribution is 5.31. The van der Waals surface area contributed by atoms with Crippen LogP contribution < -0.4 is 17.1 Å². The molecule has 0 saturated heterocycles. The van der Waals surface area contributed by atoms with Crippen LogP contribution in [0.25, 0.3) is 0 Å². The van der Waals surface area contributed by atoms with Crippen molar-refractivity contribution in [3.8, 4) is 5.75 Å². The van der Waals surface area contributed by atoms with Gasteiger partial charge in [0.15, 0.2) is 0 Å². The van der Waals surface area contributed by atoms with Gasteiger partial charge in [0.25, 0.3) is 0 Å². The lowest BCUT2D eigenvalue weighted by molar-refractivity contribution is -0.906. The standard InChI is InChI=1S/C26H39FNO2.ClH/c1-25(2,3)19-26(4,5)21-10-14-24(15-11-21)30-18-23(29)17-28(6,7)16-20-8-12-22(27)13-9-20;/h8-15,23,29H,16-19H2,1-7H3;1H/q+1;/p-1. The van der Waals surface area contributed by atoms with E-state index < -0.39 is 6.10 Å². The van der Waals surface area contributed by atoms with E-state index in [9.17, 15) is 9.50 Å². The molecule has 0 aliphatic heterocycles. The zero-order chi connectivity index (χ0) is 22.6. The maximum absolute atomic E-state index is 13.1. The quantitative estimate of drug-likeness (QED) is 0.594. The Morgan fingerprint density at radius 3 is 2.00 bits per heavy atom. The van der Waals surface area contributed by atoms with Crippen LogP contribution >= 0.6 is 0 Å². The molecule has 2 rings (SSSR count). The molecule has 1 unspecified atom stereocenters. The number of likely N-dealkylation sites (N-methyl/N-ethyl adjacent to an activating group) is 1. The molecule has 5 heteroatoms. The number of aliphatic hydroxyl groups excluding tert-OH is 1. The highest BCUT2D eigenvalue weighted by Gasteiger charge is 2.27. The molecule has 1 N–H and O–H groups in total. The first kappa shape index (κ1) is 27.4. The topological polar surface area (TPSA) is 29.5 Å². The summed E-state index contributed by atoms with van der Waals surface area (Å²) in [6, 6.07) is 14.8. The molecule has 1 atom stereocenters. The van der Waals surface area contributed by atoms with Crippen LogP contribution in [-0.4, -0.2) is 42.9 Å². The molecular formula is C26H39ClFNO2. The third-order valence-corrected chi connectivity index (χ3v) is 5.28. The van der Waals surface area contributed by atoms with Crippen molar-refractivity contribution in [2.45, 2.75) is 59.1 Å².